The summed E-state index contributed by atoms with van der Waals surface area (Å²) in [7, 11) is 0. The SMILES string of the molecule is CC1(CN)CCN(CC(=O)N(Cc2ccccc2)C(C)(C)C)C1. The van der Waals surface area contributed by atoms with Crippen LogP contribution < -0.4 is 5.73 Å². The van der Waals surface area contributed by atoms with E-state index in [0.29, 0.717) is 19.6 Å². The fourth-order valence-corrected chi connectivity index (χ4v) is 3.17. The van der Waals surface area contributed by atoms with E-state index in [1.165, 1.54) is 5.56 Å². The number of hydrogen-bond donors (Lipinski definition) is 1. The van der Waals surface area contributed by atoms with Gasteiger partial charge in [-0.1, -0.05) is 37.3 Å². The van der Waals surface area contributed by atoms with E-state index in [9.17, 15) is 4.79 Å². The third-order valence-corrected chi connectivity index (χ3v) is 4.78. The number of amides is 1. The summed E-state index contributed by atoms with van der Waals surface area (Å²) in [6.07, 6.45) is 1.07. The van der Waals surface area contributed by atoms with Gasteiger partial charge in [0.25, 0.3) is 0 Å². The average Bonchev–Trinajstić information content (AvgIpc) is 2.86. The number of nitrogens with zero attached hydrogens (tertiary/aromatic N) is 2. The molecule has 0 aliphatic carbocycles. The Hall–Kier alpha value is -1.39. The predicted molar refractivity (Wildman–Crippen MR) is 95.0 cm³/mol. The molecule has 1 aromatic rings. The van der Waals surface area contributed by atoms with E-state index in [4.69, 9.17) is 5.73 Å². The Morgan fingerprint density at radius 3 is 2.48 bits per heavy atom. The van der Waals surface area contributed by atoms with Gasteiger partial charge in [-0.2, -0.15) is 0 Å². The molecule has 1 atom stereocenters. The zero-order chi connectivity index (χ0) is 17.1. The Balaban J connectivity index is 2.03. The van der Waals surface area contributed by atoms with Gasteiger partial charge in [0, 0.05) is 18.6 Å². The first-order valence-corrected chi connectivity index (χ1v) is 8.50. The first kappa shape index (κ1) is 18.0. The van der Waals surface area contributed by atoms with Gasteiger partial charge in [-0.05, 0) is 51.3 Å². The van der Waals surface area contributed by atoms with Gasteiger partial charge in [0.1, 0.15) is 0 Å². The molecule has 0 spiro atoms. The van der Waals surface area contributed by atoms with Gasteiger partial charge < -0.3 is 10.6 Å². The van der Waals surface area contributed by atoms with Gasteiger partial charge in [0.2, 0.25) is 5.91 Å². The van der Waals surface area contributed by atoms with Gasteiger partial charge in [0.05, 0.1) is 6.54 Å². The van der Waals surface area contributed by atoms with Crippen LogP contribution in [-0.2, 0) is 11.3 Å². The van der Waals surface area contributed by atoms with Crippen LogP contribution in [-0.4, -0.2) is 47.4 Å². The van der Waals surface area contributed by atoms with E-state index >= 15 is 0 Å². The van der Waals surface area contributed by atoms with Crippen molar-refractivity contribution >= 4 is 5.91 Å². The molecule has 0 saturated carbocycles. The molecule has 0 aromatic heterocycles. The van der Waals surface area contributed by atoms with Gasteiger partial charge in [-0.15, -0.1) is 0 Å². The minimum absolute atomic E-state index is 0.159. The van der Waals surface area contributed by atoms with Crippen molar-refractivity contribution in [3.8, 4) is 0 Å². The van der Waals surface area contributed by atoms with Crippen molar-refractivity contribution in [2.24, 2.45) is 11.1 Å². The highest BCUT2D eigenvalue weighted by Crippen LogP contribution is 2.28. The summed E-state index contributed by atoms with van der Waals surface area (Å²) in [6, 6.07) is 10.2. The first-order valence-electron chi connectivity index (χ1n) is 8.50. The van der Waals surface area contributed by atoms with Crippen LogP contribution in [0.15, 0.2) is 30.3 Å². The van der Waals surface area contributed by atoms with E-state index in [-0.39, 0.29) is 16.9 Å². The molecule has 1 unspecified atom stereocenters. The molecule has 1 saturated heterocycles. The second kappa shape index (κ2) is 7.02. The van der Waals surface area contributed by atoms with Crippen LogP contribution in [0.25, 0.3) is 0 Å². The van der Waals surface area contributed by atoms with E-state index in [1.807, 2.05) is 23.1 Å². The average molecular weight is 317 g/mol. The summed E-state index contributed by atoms with van der Waals surface area (Å²) in [5, 5.41) is 0. The quantitative estimate of drug-likeness (QED) is 0.908. The van der Waals surface area contributed by atoms with E-state index < -0.39 is 0 Å². The maximum absolute atomic E-state index is 12.9. The van der Waals surface area contributed by atoms with Gasteiger partial charge in [-0.3, -0.25) is 9.69 Å². The molecule has 4 nitrogen and oxygen atoms in total. The van der Waals surface area contributed by atoms with Crippen molar-refractivity contribution in [2.75, 3.05) is 26.2 Å². The molecular weight excluding hydrogens is 286 g/mol. The highest BCUT2D eigenvalue weighted by molar-refractivity contribution is 5.79. The van der Waals surface area contributed by atoms with Gasteiger partial charge in [0.15, 0.2) is 0 Å². The van der Waals surface area contributed by atoms with E-state index in [0.717, 1.165) is 19.5 Å². The third-order valence-electron chi connectivity index (χ3n) is 4.78. The standard InChI is InChI=1S/C19H31N3O/c1-18(2,3)22(12-16-8-6-5-7-9-16)17(23)13-21-11-10-19(4,14-20)15-21/h5-9H,10-15,20H2,1-4H3. The topological polar surface area (TPSA) is 49.6 Å². The van der Waals surface area contributed by atoms with Crippen LogP contribution >= 0.6 is 0 Å². The van der Waals surface area contributed by atoms with E-state index in [1.54, 1.807) is 0 Å². The summed E-state index contributed by atoms with van der Waals surface area (Å²) >= 11 is 0. The monoisotopic (exact) mass is 317 g/mol. The van der Waals surface area contributed by atoms with Crippen LogP contribution in [0, 0.1) is 5.41 Å². The van der Waals surface area contributed by atoms with Crippen LogP contribution in [0.3, 0.4) is 0 Å². The summed E-state index contributed by atoms with van der Waals surface area (Å²) in [4.78, 5) is 17.1. The lowest BCUT2D eigenvalue weighted by molar-refractivity contribution is -0.137. The van der Waals surface area contributed by atoms with Crippen LogP contribution in [0.2, 0.25) is 0 Å². The highest BCUT2D eigenvalue weighted by atomic mass is 16.2. The lowest BCUT2D eigenvalue weighted by atomic mass is 9.90. The lowest BCUT2D eigenvalue weighted by Gasteiger charge is -2.37. The number of hydrogen-bond acceptors (Lipinski definition) is 3. The molecule has 1 aromatic carbocycles. The zero-order valence-electron chi connectivity index (χ0n) is 15.0. The van der Waals surface area contributed by atoms with Crippen molar-refractivity contribution in [1.82, 2.24) is 9.80 Å². The highest BCUT2D eigenvalue weighted by Gasteiger charge is 2.35. The number of carbonyl (C=O) groups excluding carboxylic acids is 1. The van der Waals surface area contributed by atoms with Crippen molar-refractivity contribution in [3.63, 3.8) is 0 Å². The number of likely N-dealkylation sites (tertiary alicyclic amines) is 1. The van der Waals surface area contributed by atoms with Crippen LogP contribution in [0.5, 0.6) is 0 Å². The normalized spacial score (nSPS) is 22.3. The van der Waals surface area contributed by atoms with Gasteiger partial charge >= 0.3 is 0 Å². The lowest BCUT2D eigenvalue weighted by Crippen LogP contribution is -2.49. The summed E-state index contributed by atoms with van der Waals surface area (Å²) in [6.45, 7) is 12.2. The van der Waals surface area contributed by atoms with Crippen molar-refractivity contribution in [3.05, 3.63) is 35.9 Å². The Bertz CT molecular complexity index is 523. The van der Waals surface area contributed by atoms with Crippen molar-refractivity contribution < 1.29 is 4.79 Å². The number of nitrogens with two attached hydrogens (primary N) is 1. The minimum atomic E-state index is -0.191. The molecule has 4 heteroatoms. The molecule has 1 fully saturated rings. The first-order chi connectivity index (χ1) is 10.7. The molecule has 0 bridgehead atoms. The predicted octanol–water partition coefficient (Wildman–Crippen LogP) is 2.48. The van der Waals surface area contributed by atoms with Crippen molar-refractivity contribution in [2.45, 2.75) is 46.2 Å². The van der Waals surface area contributed by atoms with Crippen molar-refractivity contribution in [1.29, 1.82) is 0 Å². The molecular formula is C19H31N3O. The van der Waals surface area contributed by atoms with E-state index in [2.05, 4.69) is 44.7 Å². The molecule has 0 radical (unpaired) electrons. The molecule has 2 N–H and O–H groups in total. The Kier molecular flexibility index (Phi) is 5.48. The zero-order valence-corrected chi connectivity index (χ0v) is 15.0. The second-order valence-electron chi connectivity index (χ2n) is 8.11. The number of benzene rings is 1. The molecule has 2 rings (SSSR count). The Morgan fingerprint density at radius 2 is 1.96 bits per heavy atom. The molecule has 128 valence electrons. The summed E-state index contributed by atoms with van der Waals surface area (Å²) in [5.41, 5.74) is 7.01. The summed E-state index contributed by atoms with van der Waals surface area (Å²) in [5.74, 6) is 0.197. The second-order valence-corrected chi connectivity index (χ2v) is 8.11. The van der Waals surface area contributed by atoms with Gasteiger partial charge in [-0.25, -0.2) is 0 Å². The largest absolute Gasteiger partial charge is 0.332 e. The molecule has 1 amide bonds. The molecule has 23 heavy (non-hydrogen) atoms. The smallest absolute Gasteiger partial charge is 0.237 e. The number of carbonyl (C=O) groups is 1. The van der Waals surface area contributed by atoms with Crippen LogP contribution in [0.4, 0.5) is 0 Å². The summed E-state index contributed by atoms with van der Waals surface area (Å²) < 4.78 is 0. The third kappa shape index (κ3) is 4.79. The maximum atomic E-state index is 12.9. The minimum Gasteiger partial charge on any atom is -0.332 e. The van der Waals surface area contributed by atoms with Crippen LogP contribution in [0.1, 0.15) is 39.7 Å². The number of rotatable bonds is 5. The Morgan fingerprint density at radius 1 is 1.30 bits per heavy atom. The Labute approximate surface area is 140 Å². The fraction of sp³-hybridized carbons (Fsp3) is 0.632. The molecule has 1 aliphatic heterocycles. The molecule has 1 heterocycles. The fourth-order valence-electron chi connectivity index (χ4n) is 3.17. The maximum Gasteiger partial charge on any atom is 0.237 e. The molecule has 1 aliphatic rings.